The van der Waals surface area contributed by atoms with Crippen LogP contribution in [0.25, 0.3) is 106 Å². The van der Waals surface area contributed by atoms with Crippen LogP contribution >= 0.6 is 0 Å². The molecule has 0 N–H and O–H groups in total. The zero-order valence-electron chi connectivity index (χ0n) is 30.2. The molecular weight excluding hydrogens is 685 g/mol. The van der Waals surface area contributed by atoms with Crippen LogP contribution in [0.5, 0.6) is 0 Å². The molecule has 0 radical (unpaired) electrons. The van der Waals surface area contributed by atoms with Gasteiger partial charge in [0.1, 0.15) is 11.2 Å². The second-order valence-electron chi connectivity index (χ2n) is 14.0. The average molecular weight is 717 g/mol. The van der Waals surface area contributed by atoms with Crippen LogP contribution in [0.1, 0.15) is 0 Å². The summed E-state index contributed by atoms with van der Waals surface area (Å²) in [6.45, 7) is 0. The van der Waals surface area contributed by atoms with Gasteiger partial charge in [0, 0.05) is 43.9 Å². The smallest absolute Gasteiger partial charge is 0.166 e. The molecule has 0 unspecified atom stereocenters. The Hall–Kier alpha value is -7.63. The van der Waals surface area contributed by atoms with E-state index in [1.165, 1.54) is 5.56 Å². The van der Waals surface area contributed by atoms with Crippen molar-refractivity contribution in [3.05, 3.63) is 194 Å². The van der Waals surface area contributed by atoms with Crippen LogP contribution in [-0.4, -0.2) is 19.5 Å². The third kappa shape index (κ3) is 5.37. The zero-order chi connectivity index (χ0) is 37.0. The molecule has 0 saturated carbocycles. The van der Waals surface area contributed by atoms with E-state index in [2.05, 4.69) is 150 Å². The first-order valence-electron chi connectivity index (χ1n) is 18.8. The van der Waals surface area contributed by atoms with Crippen molar-refractivity contribution in [1.29, 1.82) is 0 Å². The SMILES string of the molecule is c1ccc(-c2ccc(-c3nc(-c4ccccc4)nc(-c4cccc5c6ccccc6n(-c6cccc(-c7ccc8oc9ccccc9c8c7)c6)c45)n3)cc2)cc1. The van der Waals surface area contributed by atoms with E-state index in [4.69, 9.17) is 19.4 Å². The Kier molecular flexibility index (Phi) is 7.42. The van der Waals surface area contributed by atoms with Crippen LogP contribution < -0.4 is 0 Å². The minimum Gasteiger partial charge on any atom is -0.456 e. The molecule has 5 nitrogen and oxygen atoms in total. The summed E-state index contributed by atoms with van der Waals surface area (Å²) >= 11 is 0. The first-order valence-corrected chi connectivity index (χ1v) is 18.8. The van der Waals surface area contributed by atoms with Crippen molar-refractivity contribution in [3.8, 4) is 62.1 Å². The molecule has 0 saturated heterocycles. The monoisotopic (exact) mass is 716 g/mol. The van der Waals surface area contributed by atoms with Crippen molar-refractivity contribution in [2.45, 2.75) is 0 Å². The van der Waals surface area contributed by atoms with Crippen molar-refractivity contribution in [2.75, 3.05) is 0 Å². The molecule has 0 amide bonds. The van der Waals surface area contributed by atoms with Gasteiger partial charge >= 0.3 is 0 Å². The summed E-state index contributed by atoms with van der Waals surface area (Å²) < 4.78 is 8.51. The number of rotatable bonds is 6. The lowest BCUT2D eigenvalue weighted by Crippen LogP contribution is -2.02. The summed E-state index contributed by atoms with van der Waals surface area (Å²) in [4.78, 5) is 15.5. The molecule has 262 valence electrons. The fourth-order valence-electron chi connectivity index (χ4n) is 7.98. The molecule has 5 heteroatoms. The van der Waals surface area contributed by atoms with Crippen LogP contribution in [0, 0.1) is 0 Å². The lowest BCUT2D eigenvalue weighted by molar-refractivity contribution is 0.669. The third-order valence-corrected chi connectivity index (χ3v) is 10.7. The molecular formula is C51H32N4O. The Bertz CT molecular complexity index is 3240. The number of benzene rings is 8. The number of hydrogen-bond acceptors (Lipinski definition) is 4. The Morgan fingerprint density at radius 1 is 0.339 bits per heavy atom. The zero-order valence-corrected chi connectivity index (χ0v) is 30.2. The van der Waals surface area contributed by atoms with Crippen molar-refractivity contribution in [3.63, 3.8) is 0 Å². The van der Waals surface area contributed by atoms with E-state index in [9.17, 15) is 0 Å². The van der Waals surface area contributed by atoms with Gasteiger partial charge in [0.2, 0.25) is 0 Å². The van der Waals surface area contributed by atoms with Gasteiger partial charge in [-0.15, -0.1) is 0 Å². The highest BCUT2D eigenvalue weighted by atomic mass is 16.3. The fourth-order valence-corrected chi connectivity index (χ4v) is 7.98. The summed E-state index contributed by atoms with van der Waals surface area (Å²) in [7, 11) is 0. The number of furan rings is 1. The molecule has 0 aliphatic rings. The summed E-state index contributed by atoms with van der Waals surface area (Å²) in [6.07, 6.45) is 0. The predicted octanol–water partition coefficient (Wildman–Crippen LogP) is 13.2. The Morgan fingerprint density at radius 2 is 0.875 bits per heavy atom. The highest BCUT2D eigenvalue weighted by molar-refractivity contribution is 6.13. The van der Waals surface area contributed by atoms with E-state index in [0.29, 0.717) is 17.5 Å². The van der Waals surface area contributed by atoms with E-state index in [0.717, 1.165) is 82.8 Å². The summed E-state index contributed by atoms with van der Waals surface area (Å²) in [6, 6.07) is 67.5. The molecule has 8 aromatic carbocycles. The van der Waals surface area contributed by atoms with Gasteiger partial charge in [-0.05, 0) is 64.7 Å². The predicted molar refractivity (Wildman–Crippen MR) is 229 cm³/mol. The maximum absolute atomic E-state index is 6.15. The molecule has 3 heterocycles. The molecule has 0 bridgehead atoms. The van der Waals surface area contributed by atoms with Crippen molar-refractivity contribution in [1.82, 2.24) is 19.5 Å². The van der Waals surface area contributed by atoms with Crippen LogP contribution in [0.2, 0.25) is 0 Å². The minimum absolute atomic E-state index is 0.615. The van der Waals surface area contributed by atoms with E-state index >= 15 is 0 Å². The normalized spacial score (nSPS) is 11.6. The number of para-hydroxylation sites is 3. The molecule has 0 fully saturated rings. The van der Waals surface area contributed by atoms with Crippen LogP contribution in [0.15, 0.2) is 199 Å². The number of aromatic nitrogens is 4. The lowest BCUT2D eigenvalue weighted by Gasteiger charge is -2.14. The molecule has 3 aromatic heterocycles. The highest BCUT2D eigenvalue weighted by Gasteiger charge is 2.20. The number of hydrogen-bond donors (Lipinski definition) is 0. The van der Waals surface area contributed by atoms with Gasteiger partial charge in [-0.3, -0.25) is 0 Å². The molecule has 56 heavy (non-hydrogen) atoms. The Labute approximate surface area is 322 Å². The van der Waals surface area contributed by atoms with Gasteiger partial charge in [0.25, 0.3) is 0 Å². The highest BCUT2D eigenvalue weighted by Crippen LogP contribution is 2.39. The van der Waals surface area contributed by atoms with Gasteiger partial charge in [0.05, 0.1) is 11.0 Å². The number of fused-ring (bicyclic) bond motifs is 6. The van der Waals surface area contributed by atoms with Gasteiger partial charge in [-0.25, -0.2) is 15.0 Å². The maximum atomic E-state index is 6.15. The topological polar surface area (TPSA) is 56.7 Å². The standard InChI is InChI=1S/C51H32N4O/c1-3-13-33(14-4-1)34-25-27-36(28-26-34)50-52-49(35-15-5-2-6-16-35)53-51(54-50)43-22-12-21-42-40-19-7-9-23-45(40)55(48(42)43)39-18-11-17-37(31-39)38-29-30-47-44(32-38)41-20-8-10-24-46(41)56-47/h1-32H. The lowest BCUT2D eigenvalue weighted by atomic mass is 10.0. The largest absolute Gasteiger partial charge is 0.456 e. The Balaban J connectivity index is 1.11. The number of nitrogens with zero attached hydrogens (tertiary/aromatic N) is 4. The fraction of sp³-hybridized carbons (Fsp3) is 0. The van der Waals surface area contributed by atoms with Crippen molar-refractivity contribution < 1.29 is 4.42 Å². The molecule has 0 spiro atoms. The van der Waals surface area contributed by atoms with Crippen molar-refractivity contribution in [2.24, 2.45) is 0 Å². The van der Waals surface area contributed by atoms with Crippen LogP contribution in [0.4, 0.5) is 0 Å². The van der Waals surface area contributed by atoms with Crippen LogP contribution in [0.3, 0.4) is 0 Å². The molecule has 0 aliphatic heterocycles. The first kappa shape index (κ1) is 31.9. The first-order chi connectivity index (χ1) is 27.7. The molecule has 0 aliphatic carbocycles. The van der Waals surface area contributed by atoms with E-state index in [1.54, 1.807) is 0 Å². The second-order valence-corrected chi connectivity index (χ2v) is 14.0. The van der Waals surface area contributed by atoms with E-state index in [1.807, 2.05) is 48.5 Å². The maximum Gasteiger partial charge on any atom is 0.166 e. The third-order valence-electron chi connectivity index (χ3n) is 10.7. The van der Waals surface area contributed by atoms with E-state index in [-0.39, 0.29) is 0 Å². The summed E-state index contributed by atoms with van der Waals surface area (Å²) in [5.74, 6) is 1.86. The molecule has 0 atom stereocenters. The second kappa shape index (κ2) is 13.0. The van der Waals surface area contributed by atoms with Crippen LogP contribution in [-0.2, 0) is 0 Å². The summed E-state index contributed by atoms with van der Waals surface area (Å²) in [5, 5.41) is 4.52. The van der Waals surface area contributed by atoms with Gasteiger partial charge in [-0.2, -0.15) is 0 Å². The van der Waals surface area contributed by atoms with Gasteiger partial charge in [-0.1, -0.05) is 152 Å². The minimum atomic E-state index is 0.615. The summed E-state index contributed by atoms with van der Waals surface area (Å²) in [5.41, 5.74) is 12.3. The molecule has 11 aromatic rings. The van der Waals surface area contributed by atoms with Gasteiger partial charge < -0.3 is 8.98 Å². The molecule has 11 rings (SSSR count). The quantitative estimate of drug-likeness (QED) is 0.172. The van der Waals surface area contributed by atoms with E-state index < -0.39 is 0 Å². The van der Waals surface area contributed by atoms with Crippen molar-refractivity contribution >= 4 is 43.7 Å². The average Bonchev–Trinajstić information content (AvgIpc) is 3.83. The van der Waals surface area contributed by atoms with Gasteiger partial charge in [0.15, 0.2) is 17.5 Å². The Morgan fingerprint density at radius 3 is 1.68 bits per heavy atom.